The molecule has 0 saturated heterocycles. The fourth-order valence-corrected chi connectivity index (χ4v) is 3.52. The topological polar surface area (TPSA) is 0 Å². The fraction of sp³-hybridized carbons (Fsp3) is 0.273. The average Bonchev–Trinajstić information content (AvgIpc) is 2.51. The molecule has 0 N–H and O–H groups in total. The van der Waals surface area contributed by atoms with Gasteiger partial charge in [0.05, 0.1) is 5.56 Å². The van der Waals surface area contributed by atoms with E-state index in [4.69, 9.17) is 0 Å². The summed E-state index contributed by atoms with van der Waals surface area (Å²) in [6.07, 6.45) is 0. The molecular weight excluding hydrogens is 353 g/mol. The van der Waals surface area contributed by atoms with E-state index in [-0.39, 0.29) is 11.0 Å². The maximum Gasteiger partial charge on any atom is 0.137 e. The molecule has 0 heterocycles. The van der Waals surface area contributed by atoms with E-state index in [0.29, 0.717) is 27.5 Å². The normalized spacial score (nSPS) is 12.8. The predicted molar refractivity (Wildman–Crippen MR) is 106 cm³/mol. The summed E-state index contributed by atoms with van der Waals surface area (Å²) in [7, 11) is 0. The Hall–Kier alpha value is -1.94. The minimum absolute atomic E-state index is 0.0145. The number of hydrogen-bond acceptors (Lipinski definition) is 1. The van der Waals surface area contributed by atoms with Crippen LogP contribution in [0.25, 0.3) is 10.5 Å². The van der Waals surface area contributed by atoms with Crippen molar-refractivity contribution < 1.29 is 13.2 Å². The summed E-state index contributed by atoms with van der Waals surface area (Å²) in [6.45, 7) is 13.8. The first-order valence-corrected chi connectivity index (χ1v) is 9.12. The Morgan fingerprint density at radius 2 is 1.42 bits per heavy atom. The zero-order valence-corrected chi connectivity index (χ0v) is 16.5. The van der Waals surface area contributed by atoms with Crippen molar-refractivity contribution in [2.45, 2.75) is 40.0 Å². The molecule has 4 heteroatoms. The molecule has 0 aliphatic heterocycles. The summed E-state index contributed by atoms with van der Waals surface area (Å²) in [5, 5.41) is 0. The largest absolute Gasteiger partial charge is 0.207 e. The Bertz CT molecular complexity index is 833. The zero-order valence-electron chi connectivity index (χ0n) is 15.7. The Morgan fingerprint density at radius 1 is 0.923 bits per heavy atom. The van der Waals surface area contributed by atoms with Crippen LogP contribution in [-0.4, -0.2) is 0 Å². The van der Waals surface area contributed by atoms with E-state index in [1.807, 2.05) is 24.3 Å². The number of benzene rings is 2. The van der Waals surface area contributed by atoms with Crippen LogP contribution in [0.2, 0.25) is 0 Å². The monoisotopic (exact) mass is 376 g/mol. The molecule has 0 fully saturated rings. The van der Waals surface area contributed by atoms with Gasteiger partial charge < -0.3 is 0 Å². The molecule has 0 unspecified atom stereocenters. The lowest BCUT2D eigenvalue weighted by Crippen LogP contribution is -2.10. The first-order valence-electron chi connectivity index (χ1n) is 8.30. The predicted octanol–water partition coefficient (Wildman–Crippen LogP) is 7.56. The van der Waals surface area contributed by atoms with Gasteiger partial charge in [0.25, 0.3) is 0 Å². The van der Waals surface area contributed by atoms with Gasteiger partial charge in [-0.2, -0.15) is 0 Å². The fourth-order valence-electron chi connectivity index (χ4n) is 2.60. The molecule has 0 aliphatic rings. The van der Waals surface area contributed by atoms with Gasteiger partial charge in [-0.25, -0.2) is 13.2 Å². The smallest absolute Gasteiger partial charge is 0.137 e. The molecule has 0 amide bonds. The Kier molecular flexibility index (Phi) is 6.07. The summed E-state index contributed by atoms with van der Waals surface area (Å²) in [5.74, 6) is -2.77. The van der Waals surface area contributed by atoms with Crippen LogP contribution >= 0.6 is 11.8 Å². The number of hydrogen-bond donors (Lipinski definition) is 0. The van der Waals surface area contributed by atoms with Crippen LogP contribution in [0.3, 0.4) is 0 Å². The van der Waals surface area contributed by atoms with Crippen molar-refractivity contribution >= 4 is 22.2 Å². The molecular formula is C22H23F3S. The van der Waals surface area contributed by atoms with Gasteiger partial charge >= 0.3 is 0 Å². The molecule has 26 heavy (non-hydrogen) atoms. The van der Waals surface area contributed by atoms with Gasteiger partial charge in [0.2, 0.25) is 0 Å². The van der Waals surface area contributed by atoms with E-state index in [0.717, 1.165) is 5.56 Å². The van der Waals surface area contributed by atoms with Crippen molar-refractivity contribution in [3.05, 3.63) is 82.0 Å². The maximum atomic E-state index is 14.4. The lowest BCUT2D eigenvalue weighted by Gasteiger charge is -2.20. The number of allylic oxidation sites excluding steroid dienone is 2. The van der Waals surface area contributed by atoms with E-state index in [2.05, 4.69) is 27.4 Å². The van der Waals surface area contributed by atoms with E-state index < -0.39 is 17.5 Å². The maximum absolute atomic E-state index is 14.4. The Morgan fingerprint density at radius 3 is 1.85 bits per heavy atom. The SMILES string of the molecule is C=C(C)S/C(=C(\C)c1ccc(C(C)(C)C)cc1)c1c(F)cc(F)cc1F. The molecule has 2 aromatic carbocycles. The lowest BCUT2D eigenvalue weighted by atomic mass is 9.86. The average molecular weight is 376 g/mol. The molecule has 0 aromatic heterocycles. The second-order valence-corrected chi connectivity index (χ2v) is 8.64. The number of halogens is 3. The molecule has 0 bridgehead atoms. The van der Waals surface area contributed by atoms with Crippen LogP contribution in [0.15, 0.2) is 47.9 Å². The van der Waals surface area contributed by atoms with Gasteiger partial charge in [-0.15, -0.1) is 0 Å². The highest BCUT2D eigenvalue weighted by Gasteiger charge is 2.20. The van der Waals surface area contributed by atoms with Gasteiger partial charge in [-0.3, -0.25) is 0 Å². The minimum Gasteiger partial charge on any atom is -0.207 e. The quantitative estimate of drug-likeness (QED) is 0.496. The summed E-state index contributed by atoms with van der Waals surface area (Å²) < 4.78 is 42.0. The first kappa shape index (κ1) is 20.4. The summed E-state index contributed by atoms with van der Waals surface area (Å²) >= 11 is 1.18. The van der Waals surface area contributed by atoms with Crippen molar-refractivity contribution in [1.29, 1.82) is 0 Å². The van der Waals surface area contributed by atoms with Gasteiger partial charge in [0.15, 0.2) is 0 Å². The van der Waals surface area contributed by atoms with Gasteiger partial charge in [-0.05, 0) is 40.9 Å². The van der Waals surface area contributed by atoms with Crippen LogP contribution in [0.5, 0.6) is 0 Å². The third-order valence-electron chi connectivity index (χ3n) is 4.03. The standard InChI is InChI=1S/C22H23F3S/c1-13(2)26-21(20-18(24)11-17(23)12-19(20)25)14(3)15-7-9-16(10-8-15)22(4,5)6/h7-12H,1H2,2-6H3/b21-14+. The number of thioether (sulfide) groups is 1. The number of rotatable bonds is 4. The zero-order chi connectivity index (χ0) is 19.6. The highest BCUT2D eigenvalue weighted by atomic mass is 32.2. The van der Waals surface area contributed by atoms with Crippen molar-refractivity contribution in [2.24, 2.45) is 0 Å². The summed E-state index contributed by atoms with van der Waals surface area (Å²) in [6, 6.07) is 9.31. The third kappa shape index (κ3) is 4.61. The molecule has 0 radical (unpaired) electrons. The molecule has 0 spiro atoms. The van der Waals surface area contributed by atoms with E-state index in [9.17, 15) is 13.2 Å². The van der Waals surface area contributed by atoms with E-state index in [1.54, 1.807) is 13.8 Å². The van der Waals surface area contributed by atoms with Crippen LogP contribution in [0.1, 0.15) is 51.3 Å². The van der Waals surface area contributed by atoms with E-state index in [1.165, 1.54) is 17.3 Å². The molecule has 0 atom stereocenters. The van der Waals surface area contributed by atoms with Gasteiger partial charge in [0.1, 0.15) is 17.5 Å². The van der Waals surface area contributed by atoms with Crippen LogP contribution in [0.4, 0.5) is 13.2 Å². The third-order valence-corrected chi connectivity index (χ3v) is 5.10. The molecule has 0 saturated carbocycles. The summed E-state index contributed by atoms with van der Waals surface area (Å²) in [5.41, 5.74) is 2.52. The molecule has 0 aliphatic carbocycles. The molecule has 2 rings (SSSR count). The summed E-state index contributed by atoms with van der Waals surface area (Å²) in [4.78, 5) is 1.09. The van der Waals surface area contributed by atoms with Crippen LogP contribution < -0.4 is 0 Å². The van der Waals surface area contributed by atoms with Gasteiger partial charge in [0, 0.05) is 17.0 Å². The van der Waals surface area contributed by atoms with Crippen molar-refractivity contribution in [1.82, 2.24) is 0 Å². The van der Waals surface area contributed by atoms with Crippen molar-refractivity contribution in [3.8, 4) is 0 Å². The molecule has 0 nitrogen and oxygen atoms in total. The van der Waals surface area contributed by atoms with Crippen molar-refractivity contribution in [2.75, 3.05) is 0 Å². The molecule has 2 aromatic rings. The second-order valence-electron chi connectivity index (χ2n) is 7.33. The van der Waals surface area contributed by atoms with Crippen LogP contribution in [-0.2, 0) is 5.41 Å². The van der Waals surface area contributed by atoms with Gasteiger partial charge in [-0.1, -0.05) is 63.4 Å². The van der Waals surface area contributed by atoms with E-state index >= 15 is 0 Å². The molecule has 138 valence electrons. The van der Waals surface area contributed by atoms with Crippen molar-refractivity contribution in [3.63, 3.8) is 0 Å². The Labute approximate surface area is 157 Å². The minimum atomic E-state index is -0.935. The Balaban J connectivity index is 2.63. The second kappa shape index (κ2) is 7.75. The van der Waals surface area contributed by atoms with Crippen LogP contribution in [0, 0.1) is 17.5 Å². The lowest BCUT2D eigenvalue weighted by molar-refractivity contribution is 0.540. The highest BCUT2D eigenvalue weighted by molar-refractivity contribution is 8.12. The highest BCUT2D eigenvalue weighted by Crippen LogP contribution is 2.41. The first-order chi connectivity index (χ1) is 12.0.